The lowest BCUT2D eigenvalue weighted by Crippen LogP contribution is -2.24. The zero-order valence-electron chi connectivity index (χ0n) is 16.6. The van der Waals surface area contributed by atoms with Crippen LogP contribution in [0.15, 0.2) is 48.5 Å². The van der Waals surface area contributed by atoms with Gasteiger partial charge in [-0.05, 0) is 36.8 Å². The predicted octanol–water partition coefficient (Wildman–Crippen LogP) is 4.84. The van der Waals surface area contributed by atoms with Gasteiger partial charge in [-0.3, -0.25) is 4.79 Å². The molecule has 3 rings (SSSR count). The Morgan fingerprint density at radius 1 is 1.00 bits per heavy atom. The molecule has 3 aromatic rings. The maximum absolute atomic E-state index is 12.8. The van der Waals surface area contributed by atoms with Gasteiger partial charge in [0.15, 0.2) is 11.5 Å². The molecule has 1 aromatic heterocycles. The first kappa shape index (κ1) is 19.7. The summed E-state index contributed by atoms with van der Waals surface area (Å²) < 4.78 is 10.7. The molecule has 1 amide bonds. The van der Waals surface area contributed by atoms with E-state index in [-0.39, 0.29) is 5.91 Å². The third-order valence-corrected chi connectivity index (χ3v) is 4.71. The van der Waals surface area contributed by atoms with Crippen LogP contribution in [-0.4, -0.2) is 31.7 Å². The number of methoxy groups -OCH3 is 2. The van der Waals surface area contributed by atoms with Crippen LogP contribution in [0.4, 0.5) is 0 Å². The first-order chi connectivity index (χ1) is 13.7. The average molecular weight is 378 g/mol. The van der Waals surface area contributed by atoms with Crippen molar-refractivity contribution in [2.24, 2.45) is 0 Å². The SMILES string of the molecule is CCCCCNC(=O)c1cc(-c2ccc(OC)c(OC)c2)nc2ccccc12. The van der Waals surface area contributed by atoms with Crippen molar-refractivity contribution in [1.29, 1.82) is 0 Å². The number of aromatic nitrogens is 1. The van der Waals surface area contributed by atoms with Crippen LogP contribution in [0, 0.1) is 0 Å². The maximum atomic E-state index is 12.8. The number of para-hydroxylation sites is 1. The van der Waals surface area contributed by atoms with E-state index < -0.39 is 0 Å². The standard InChI is InChI=1S/C23H26N2O3/c1-4-5-8-13-24-23(26)18-15-20(25-19-10-7-6-9-17(18)19)16-11-12-21(27-2)22(14-16)28-3/h6-7,9-12,14-15H,4-5,8,13H2,1-3H3,(H,24,26). The van der Waals surface area contributed by atoms with Gasteiger partial charge in [0.05, 0.1) is 31.0 Å². The Bertz CT molecular complexity index is 969. The minimum absolute atomic E-state index is 0.0728. The molecule has 0 aliphatic rings. The number of hydrogen-bond acceptors (Lipinski definition) is 4. The van der Waals surface area contributed by atoms with Crippen molar-refractivity contribution < 1.29 is 14.3 Å². The van der Waals surface area contributed by atoms with Crippen molar-refractivity contribution >= 4 is 16.8 Å². The molecule has 0 fully saturated rings. The van der Waals surface area contributed by atoms with E-state index in [1.807, 2.05) is 48.5 Å². The number of rotatable bonds is 8. The molecule has 1 heterocycles. The quantitative estimate of drug-likeness (QED) is 0.570. The van der Waals surface area contributed by atoms with Gasteiger partial charge in [0.2, 0.25) is 0 Å². The Balaban J connectivity index is 2.01. The molecule has 5 heteroatoms. The molecule has 28 heavy (non-hydrogen) atoms. The summed E-state index contributed by atoms with van der Waals surface area (Å²) in [7, 11) is 3.21. The fourth-order valence-corrected chi connectivity index (χ4v) is 3.18. The van der Waals surface area contributed by atoms with Gasteiger partial charge < -0.3 is 14.8 Å². The minimum Gasteiger partial charge on any atom is -0.493 e. The largest absolute Gasteiger partial charge is 0.493 e. The smallest absolute Gasteiger partial charge is 0.252 e. The number of carbonyl (C=O) groups excluding carboxylic acids is 1. The highest BCUT2D eigenvalue weighted by Gasteiger charge is 2.15. The van der Waals surface area contributed by atoms with Gasteiger partial charge in [0, 0.05) is 17.5 Å². The average Bonchev–Trinajstić information content (AvgIpc) is 2.75. The van der Waals surface area contributed by atoms with Crippen LogP contribution in [0.5, 0.6) is 11.5 Å². The summed E-state index contributed by atoms with van der Waals surface area (Å²) in [5.74, 6) is 1.21. The second kappa shape index (κ2) is 9.22. The van der Waals surface area contributed by atoms with E-state index in [2.05, 4.69) is 12.2 Å². The molecule has 2 aromatic carbocycles. The molecule has 146 valence electrons. The predicted molar refractivity (Wildman–Crippen MR) is 112 cm³/mol. The van der Waals surface area contributed by atoms with Crippen molar-refractivity contribution in [2.45, 2.75) is 26.2 Å². The van der Waals surface area contributed by atoms with Crippen LogP contribution in [-0.2, 0) is 0 Å². The van der Waals surface area contributed by atoms with E-state index in [0.717, 1.165) is 41.4 Å². The monoisotopic (exact) mass is 378 g/mol. The number of nitrogens with one attached hydrogen (secondary N) is 1. The molecule has 0 spiro atoms. The molecular formula is C23H26N2O3. The number of nitrogens with zero attached hydrogens (tertiary/aromatic N) is 1. The van der Waals surface area contributed by atoms with E-state index in [9.17, 15) is 4.79 Å². The number of pyridine rings is 1. The molecule has 5 nitrogen and oxygen atoms in total. The van der Waals surface area contributed by atoms with Crippen LogP contribution in [0.1, 0.15) is 36.5 Å². The molecule has 0 aliphatic carbocycles. The molecule has 0 saturated heterocycles. The summed E-state index contributed by atoms with van der Waals surface area (Å²) in [4.78, 5) is 17.6. The van der Waals surface area contributed by atoms with E-state index in [1.54, 1.807) is 14.2 Å². The van der Waals surface area contributed by atoms with E-state index >= 15 is 0 Å². The molecule has 0 atom stereocenters. The lowest BCUT2D eigenvalue weighted by Gasteiger charge is -2.12. The van der Waals surface area contributed by atoms with Crippen LogP contribution < -0.4 is 14.8 Å². The second-order valence-corrected chi connectivity index (χ2v) is 6.60. The van der Waals surface area contributed by atoms with Gasteiger partial charge in [-0.25, -0.2) is 4.98 Å². The molecule has 0 unspecified atom stereocenters. The maximum Gasteiger partial charge on any atom is 0.252 e. The lowest BCUT2D eigenvalue weighted by molar-refractivity contribution is 0.0954. The van der Waals surface area contributed by atoms with Crippen molar-refractivity contribution in [2.75, 3.05) is 20.8 Å². The summed E-state index contributed by atoms with van der Waals surface area (Å²) in [6.45, 7) is 2.82. The number of benzene rings is 2. The topological polar surface area (TPSA) is 60.5 Å². The van der Waals surface area contributed by atoms with Crippen LogP contribution >= 0.6 is 0 Å². The van der Waals surface area contributed by atoms with Crippen LogP contribution in [0.25, 0.3) is 22.2 Å². The highest BCUT2D eigenvalue weighted by molar-refractivity contribution is 6.07. The lowest BCUT2D eigenvalue weighted by atomic mass is 10.0. The normalized spacial score (nSPS) is 10.7. The van der Waals surface area contributed by atoms with Gasteiger partial charge in [-0.2, -0.15) is 0 Å². The summed E-state index contributed by atoms with van der Waals surface area (Å²) in [6, 6.07) is 15.2. The van der Waals surface area contributed by atoms with Gasteiger partial charge in [-0.15, -0.1) is 0 Å². The van der Waals surface area contributed by atoms with Crippen molar-refractivity contribution in [3.63, 3.8) is 0 Å². The van der Waals surface area contributed by atoms with E-state index in [4.69, 9.17) is 14.5 Å². The Morgan fingerprint density at radius 2 is 1.79 bits per heavy atom. The molecule has 1 N–H and O–H groups in total. The van der Waals surface area contributed by atoms with Crippen molar-refractivity contribution in [3.05, 3.63) is 54.1 Å². The van der Waals surface area contributed by atoms with E-state index in [0.29, 0.717) is 23.6 Å². The summed E-state index contributed by atoms with van der Waals surface area (Å²) in [6.07, 6.45) is 3.21. The Labute approximate surface area is 165 Å². The number of amides is 1. The summed E-state index contributed by atoms with van der Waals surface area (Å²) >= 11 is 0. The highest BCUT2D eigenvalue weighted by atomic mass is 16.5. The molecule has 0 radical (unpaired) electrons. The van der Waals surface area contributed by atoms with Gasteiger partial charge in [-0.1, -0.05) is 38.0 Å². The first-order valence-corrected chi connectivity index (χ1v) is 9.58. The Hall–Kier alpha value is -3.08. The van der Waals surface area contributed by atoms with Gasteiger partial charge in [0.1, 0.15) is 0 Å². The Kier molecular flexibility index (Phi) is 6.48. The number of carbonyl (C=O) groups is 1. The van der Waals surface area contributed by atoms with Crippen molar-refractivity contribution in [1.82, 2.24) is 10.3 Å². The first-order valence-electron chi connectivity index (χ1n) is 9.58. The number of ether oxygens (including phenoxy) is 2. The summed E-state index contributed by atoms with van der Waals surface area (Å²) in [5, 5.41) is 3.88. The van der Waals surface area contributed by atoms with Gasteiger partial charge >= 0.3 is 0 Å². The third kappa shape index (κ3) is 4.25. The fraction of sp³-hybridized carbons (Fsp3) is 0.304. The molecular weight excluding hydrogens is 352 g/mol. The summed E-state index contributed by atoms with van der Waals surface area (Å²) in [5.41, 5.74) is 3.00. The highest BCUT2D eigenvalue weighted by Crippen LogP contribution is 2.33. The van der Waals surface area contributed by atoms with Crippen LogP contribution in [0.3, 0.4) is 0 Å². The van der Waals surface area contributed by atoms with E-state index in [1.165, 1.54) is 0 Å². The third-order valence-electron chi connectivity index (χ3n) is 4.71. The minimum atomic E-state index is -0.0728. The fourth-order valence-electron chi connectivity index (χ4n) is 3.18. The Morgan fingerprint density at radius 3 is 2.54 bits per heavy atom. The van der Waals surface area contributed by atoms with Crippen LogP contribution in [0.2, 0.25) is 0 Å². The zero-order valence-corrected chi connectivity index (χ0v) is 16.6. The van der Waals surface area contributed by atoms with Gasteiger partial charge in [0.25, 0.3) is 5.91 Å². The zero-order chi connectivity index (χ0) is 19.9. The molecule has 0 saturated carbocycles. The molecule has 0 aliphatic heterocycles. The van der Waals surface area contributed by atoms with Crippen molar-refractivity contribution in [3.8, 4) is 22.8 Å². The second-order valence-electron chi connectivity index (χ2n) is 6.60. The number of unbranched alkanes of at least 4 members (excludes halogenated alkanes) is 2. The number of hydrogen-bond donors (Lipinski definition) is 1. The molecule has 0 bridgehead atoms. The number of fused-ring (bicyclic) bond motifs is 1.